The summed E-state index contributed by atoms with van der Waals surface area (Å²) in [5, 5.41) is 0. The Balaban J connectivity index is 4.11. The molecule has 0 aliphatic carbocycles. The number of allylic oxidation sites excluding steroid dienone is 14. The highest BCUT2D eigenvalue weighted by Crippen LogP contribution is 2.38. The number of likely N-dealkylation sites (N-methyl/N-ethyl adjacent to an activating group) is 1. The average Bonchev–Trinajstić information content (AvgIpc) is 3.31. The number of hydrogen-bond donors (Lipinski definition) is 0. The Morgan fingerprint density at radius 2 is 0.826 bits per heavy atom. The van der Waals surface area contributed by atoms with Gasteiger partial charge < -0.3 is 27.9 Å². The van der Waals surface area contributed by atoms with Crippen LogP contribution in [-0.2, 0) is 32.7 Å². The van der Waals surface area contributed by atoms with Gasteiger partial charge in [0, 0.05) is 12.8 Å². The van der Waals surface area contributed by atoms with Crippen molar-refractivity contribution < 1.29 is 42.1 Å². The maximum Gasteiger partial charge on any atom is 0.306 e. The first kappa shape index (κ1) is 66.2. The zero-order valence-corrected chi connectivity index (χ0v) is 45.9. The maximum absolute atomic E-state index is 12.8. The molecule has 0 saturated carbocycles. The smallest absolute Gasteiger partial charge is 0.306 e. The zero-order valence-electron chi connectivity index (χ0n) is 45.0. The largest absolute Gasteiger partial charge is 0.756 e. The average molecular weight is 986 g/mol. The van der Waals surface area contributed by atoms with E-state index >= 15 is 0 Å². The Kier molecular flexibility index (Phi) is 48.1. The van der Waals surface area contributed by atoms with Gasteiger partial charge in [-0.2, -0.15) is 0 Å². The molecule has 0 aromatic heterocycles. The molecular weight excluding hydrogens is 882 g/mol. The summed E-state index contributed by atoms with van der Waals surface area (Å²) in [6.45, 7) is 4.07. The number of quaternary nitrogens is 1. The van der Waals surface area contributed by atoms with Crippen LogP contribution in [0.25, 0.3) is 0 Å². The van der Waals surface area contributed by atoms with Crippen LogP contribution >= 0.6 is 7.82 Å². The van der Waals surface area contributed by atoms with Crippen LogP contribution in [-0.4, -0.2) is 70.0 Å². The summed E-state index contributed by atoms with van der Waals surface area (Å²) >= 11 is 0. The van der Waals surface area contributed by atoms with E-state index in [1.807, 2.05) is 21.1 Å². The number of carbonyl (C=O) groups is 2. The highest BCUT2D eigenvalue weighted by molar-refractivity contribution is 7.45. The summed E-state index contributed by atoms with van der Waals surface area (Å²) in [5.41, 5.74) is 0. The van der Waals surface area contributed by atoms with Gasteiger partial charge in [0.1, 0.15) is 19.8 Å². The van der Waals surface area contributed by atoms with Crippen molar-refractivity contribution in [1.82, 2.24) is 0 Å². The van der Waals surface area contributed by atoms with Gasteiger partial charge >= 0.3 is 11.9 Å². The molecule has 9 nitrogen and oxygen atoms in total. The van der Waals surface area contributed by atoms with E-state index in [-0.39, 0.29) is 26.1 Å². The molecular formula is C59H104NO8P. The number of ether oxygens (including phenoxy) is 2. The lowest BCUT2D eigenvalue weighted by Gasteiger charge is -2.28. The molecule has 0 aliphatic heterocycles. The number of phosphoric acid groups is 1. The van der Waals surface area contributed by atoms with Crippen LogP contribution in [0.1, 0.15) is 226 Å². The van der Waals surface area contributed by atoms with Crippen LogP contribution in [0.2, 0.25) is 0 Å². The quantitative estimate of drug-likeness (QED) is 0.0195. The predicted octanol–water partition coefficient (Wildman–Crippen LogP) is 16.5. The third-order valence-electron chi connectivity index (χ3n) is 11.6. The van der Waals surface area contributed by atoms with Crippen molar-refractivity contribution in [3.8, 4) is 0 Å². The van der Waals surface area contributed by atoms with Gasteiger partial charge in [0.15, 0.2) is 6.10 Å². The Morgan fingerprint density at radius 1 is 0.464 bits per heavy atom. The van der Waals surface area contributed by atoms with E-state index in [0.717, 1.165) is 96.3 Å². The van der Waals surface area contributed by atoms with Crippen molar-refractivity contribution in [2.45, 2.75) is 232 Å². The van der Waals surface area contributed by atoms with E-state index in [9.17, 15) is 19.0 Å². The first-order valence-corrected chi connectivity index (χ1v) is 29.3. The Bertz CT molecular complexity index is 1440. The molecule has 0 aromatic carbocycles. The van der Waals surface area contributed by atoms with Crippen LogP contribution < -0.4 is 4.89 Å². The molecule has 398 valence electrons. The van der Waals surface area contributed by atoms with Crippen molar-refractivity contribution >= 4 is 19.8 Å². The molecule has 0 aliphatic rings. The molecule has 0 bridgehead atoms. The van der Waals surface area contributed by atoms with E-state index in [2.05, 4.69) is 98.9 Å². The van der Waals surface area contributed by atoms with Gasteiger partial charge in [-0.15, -0.1) is 0 Å². The van der Waals surface area contributed by atoms with Gasteiger partial charge in [-0.25, -0.2) is 0 Å². The SMILES string of the molecule is CC/C=C\C/C=C\C/C=C\C/C=C\C/C=C\CCCCCCCCCCCCCCCCCC(=O)OC(COC(=O)CCCCCCC/C=C\C/C=C\CCCC)COP(=O)([O-])OCC[N+](C)(C)C. The van der Waals surface area contributed by atoms with E-state index in [4.69, 9.17) is 18.5 Å². The van der Waals surface area contributed by atoms with Gasteiger partial charge in [-0.3, -0.25) is 14.2 Å². The van der Waals surface area contributed by atoms with Crippen LogP contribution in [0, 0.1) is 0 Å². The molecule has 0 rings (SSSR count). The lowest BCUT2D eigenvalue weighted by Crippen LogP contribution is -2.37. The Labute approximate surface area is 424 Å². The van der Waals surface area contributed by atoms with Gasteiger partial charge in [0.2, 0.25) is 0 Å². The molecule has 0 heterocycles. The molecule has 69 heavy (non-hydrogen) atoms. The van der Waals surface area contributed by atoms with Gasteiger partial charge in [0.25, 0.3) is 7.82 Å². The fourth-order valence-corrected chi connectivity index (χ4v) is 8.07. The summed E-state index contributed by atoms with van der Waals surface area (Å²) in [6.07, 6.45) is 66.3. The molecule has 2 atom stereocenters. The van der Waals surface area contributed by atoms with Gasteiger partial charge in [0.05, 0.1) is 27.7 Å². The fourth-order valence-electron chi connectivity index (χ4n) is 7.35. The molecule has 0 spiro atoms. The molecule has 0 N–H and O–H groups in total. The lowest BCUT2D eigenvalue weighted by molar-refractivity contribution is -0.870. The third-order valence-corrected chi connectivity index (χ3v) is 12.6. The van der Waals surface area contributed by atoms with E-state index in [0.29, 0.717) is 23.9 Å². The second kappa shape index (κ2) is 50.1. The number of phosphoric ester groups is 1. The Hall–Kier alpha value is -2.81. The maximum atomic E-state index is 12.8. The van der Waals surface area contributed by atoms with Gasteiger partial charge in [-0.1, -0.05) is 214 Å². The van der Waals surface area contributed by atoms with Crippen molar-refractivity contribution in [3.05, 3.63) is 85.1 Å². The van der Waals surface area contributed by atoms with E-state index < -0.39 is 32.5 Å². The van der Waals surface area contributed by atoms with Crippen molar-refractivity contribution in [1.29, 1.82) is 0 Å². The predicted molar refractivity (Wildman–Crippen MR) is 291 cm³/mol. The summed E-state index contributed by atoms with van der Waals surface area (Å²) in [5.74, 6) is -0.851. The molecule has 10 heteroatoms. The lowest BCUT2D eigenvalue weighted by atomic mass is 10.0. The number of esters is 2. The van der Waals surface area contributed by atoms with Crippen molar-refractivity contribution in [2.75, 3.05) is 47.5 Å². The Morgan fingerprint density at radius 3 is 1.23 bits per heavy atom. The zero-order chi connectivity index (χ0) is 50.6. The number of nitrogens with zero attached hydrogens (tertiary/aromatic N) is 1. The summed E-state index contributed by atoms with van der Waals surface area (Å²) < 4.78 is 34.1. The number of rotatable bonds is 50. The van der Waals surface area contributed by atoms with Crippen LogP contribution in [0.4, 0.5) is 0 Å². The molecule has 0 radical (unpaired) electrons. The number of hydrogen-bond acceptors (Lipinski definition) is 8. The van der Waals surface area contributed by atoms with Crippen molar-refractivity contribution in [3.63, 3.8) is 0 Å². The minimum Gasteiger partial charge on any atom is -0.756 e. The molecule has 0 fully saturated rings. The van der Waals surface area contributed by atoms with E-state index in [1.165, 1.54) is 89.9 Å². The number of carbonyl (C=O) groups excluding carboxylic acids is 2. The molecule has 2 unspecified atom stereocenters. The van der Waals surface area contributed by atoms with Crippen LogP contribution in [0.5, 0.6) is 0 Å². The summed E-state index contributed by atoms with van der Waals surface area (Å²) in [7, 11) is 1.15. The second-order valence-corrected chi connectivity index (χ2v) is 21.0. The highest BCUT2D eigenvalue weighted by atomic mass is 31.2. The first-order valence-electron chi connectivity index (χ1n) is 27.8. The standard InChI is InChI=1S/C59H104NO8P/c1-6-8-10-12-14-16-18-20-22-23-24-25-26-27-28-29-30-31-32-33-34-35-36-37-38-40-42-44-46-48-50-52-59(62)68-57(56-67-69(63,64)66-54-53-60(3,4)5)55-65-58(61)51-49-47-45-43-41-39-21-19-17-15-13-11-9-7-2/h8,10,13-16,19-22,24-25,27-28,57H,6-7,9,11-12,17-18,23,26,29-56H2,1-5H3/b10-8-,15-13-,16-14-,21-19-,22-20-,25-24-,28-27-. The first-order chi connectivity index (χ1) is 33.5. The fraction of sp³-hybridized carbons (Fsp3) is 0.729. The third kappa shape index (κ3) is 54.4. The van der Waals surface area contributed by atoms with Crippen molar-refractivity contribution in [2.24, 2.45) is 0 Å². The summed E-state index contributed by atoms with van der Waals surface area (Å²) in [6, 6.07) is 0. The monoisotopic (exact) mass is 986 g/mol. The minimum atomic E-state index is -4.64. The molecule has 0 aromatic rings. The van der Waals surface area contributed by atoms with Crippen LogP contribution in [0.3, 0.4) is 0 Å². The normalized spacial score (nSPS) is 14.0. The number of unbranched alkanes of at least 4 members (excludes halogenated alkanes) is 22. The van der Waals surface area contributed by atoms with E-state index in [1.54, 1.807) is 0 Å². The minimum absolute atomic E-state index is 0.0358. The topological polar surface area (TPSA) is 111 Å². The van der Waals surface area contributed by atoms with Crippen LogP contribution in [0.15, 0.2) is 85.1 Å². The highest BCUT2D eigenvalue weighted by Gasteiger charge is 2.21. The molecule has 0 amide bonds. The summed E-state index contributed by atoms with van der Waals surface area (Å²) in [4.78, 5) is 37.8. The second-order valence-electron chi connectivity index (χ2n) is 19.6. The molecule has 0 saturated heterocycles. The van der Waals surface area contributed by atoms with Gasteiger partial charge in [-0.05, 0) is 83.5 Å².